The summed E-state index contributed by atoms with van der Waals surface area (Å²) in [5.74, 6) is 0.351. The Morgan fingerprint density at radius 2 is 2.32 bits per heavy atom. The normalized spacial score (nSPS) is 11.9. The minimum Gasteiger partial charge on any atom is -0.480 e. The van der Waals surface area contributed by atoms with Crippen LogP contribution in [0.25, 0.3) is 0 Å². The van der Waals surface area contributed by atoms with Crippen LogP contribution in [-0.4, -0.2) is 44.7 Å². The number of carbonyl (C=O) groups excluding carboxylic acids is 1. The maximum absolute atomic E-state index is 11.6. The molecule has 19 heavy (non-hydrogen) atoms. The highest BCUT2D eigenvalue weighted by molar-refractivity contribution is 7.98. The maximum Gasteiger partial charge on any atom is 0.326 e. The molecule has 0 unspecified atom stereocenters. The largest absolute Gasteiger partial charge is 0.480 e. The van der Waals surface area contributed by atoms with Crippen molar-refractivity contribution in [3.8, 4) is 0 Å². The van der Waals surface area contributed by atoms with Gasteiger partial charge in [-0.1, -0.05) is 0 Å². The number of aliphatic carboxylic acids is 1. The molecule has 0 fully saturated rings. The molecule has 0 bridgehead atoms. The van der Waals surface area contributed by atoms with Crippen LogP contribution < -0.4 is 10.6 Å². The predicted octanol–water partition coefficient (Wildman–Crippen LogP) is 0.426. The van der Waals surface area contributed by atoms with E-state index in [0.29, 0.717) is 18.0 Å². The summed E-state index contributed by atoms with van der Waals surface area (Å²) >= 11 is 1.54. The summed E-state index contributed by atoms with van der Waals surface area (Å²) in [5, 5.41) is 14.0. The van der Waals surface area contributed by atoms with Crippen molar-refractivity contribution in [2.45, 2.75) is 19.0 Å². The number of aryl methyl sites for hydroxylation is 1. The van der Waals surface area contributed by atoms with E-state index in [9.17, 15) is 9.59 Å². The zero-order chi connectivity index (χ0) is 14.3. The summed E-state index contributed by atoms with van der Waals surface area (Å²) < 4.78 is 1.78. The molecule has 0 spiro atoms. The first-order valence-corrected chi connectivity index (χ1v) is 7.16. The van der Waals surface area contributed by atoms with Crippen LogP contribution in [0.2, 0.25) is 0 Å². The van der Waals surface area contributed by atoms with Crippen molar-refractivity contribution in [3.05, 3.63) is 18.2 Å². The van der Waals surface area contributed by atoms with E-state index in [4.69, 9.17) is 5.11 Å². The Labute approximate surface area is 115 Å². The van der Waals surface area contributed by atoms with Gasteiger partial charge in [-0.2, -0.15) is 11.8 Å². The van der Waals surface area contributed by atoms with Gasteiger partial charge >= 0.3 is 12.0 Å². The molecule has 1 atom stereocenters. The van der Waals surface area contributed by atoms with Gasteiger partial charge in [-0.05, 0) is 18.4 Å². The number of aromatic nitrogens is 2. The maximum atomic E-state index is 11.6. The molecule has 2 amide bonds. The number of nitrogens with one attached hydrogen (secondary N) is 2. The van der Waals surface area contributed by atoms with Crippen LogP contribution in [0, 0.1) is 0 Å². The van der Waals surface area contributed by atoms with Crippen molar-refractivity contribution in [1.82, 2.24) is 20.2 Å². The Balaban J connectivity index is 2.40. The van der Waals surface area contributed by atoms with Crippen LogP contribution in [0.15, 0.2) is 12.4 Å². The summed E-state index contributed by atoms with van der Waals surface area (Å²) in [4.78, 5) is 26.6. The molecule has 0 aromatic carbocycles. The number of amides is 2. The van der Waals surface area contributed by atoms with Gasteiger partial charge in [-0.25, -0.2) is 14.6 Å². The first-order valence-electron chi connectivity index (χ1n) is 5.77. The lowest BCUT2D eigenvalue weighted by Crippen LogP contribution is -2.46. The number of rotatable bonds is 7. The molecule has 0 aliphatic carbocycles. The van der Waals surface area contributed by atoms with Crippen LogP contribution in [0.1, 0.15) is 12.2 Å². The lowest BCUT2D eigenvalue weighted by atomic mass is 10.2. The molecule has 3 N–H and O–H groups in total. The van der Waals surface area contributed by atoms with E-state index in [0.717, 1.165) is 0 Å². The monoisotopic (exact) mass is 286 g/mol. The third-order valence-electron chi connectivity index (χ3n) is 2.54. The Morgan fingerprint density at radius 1 is 1.58 bits per heavy atom. The van der Waals surface area contributed by atoms with E-state index in [1.165, 1.54) is 11.8 Å². The van der Waals surface area contributed by atoms with Gasteiger partial charge in [0.05, 0.1) is 6.54 Å². The molecule has 0 radical (unpaired) electrons. The van der Waals surface area contributed by atoms with Crippen molar-refractivity contribution < 1.29 is 14.7 Å². The fourth-order valence-corrected chi connectivity index (χ4v) is 1.90. The van der Waals surface area contributed by atoms with Crippen molar-refractivity contribution in [2.75, 3.05) is 12.0 Å². The van der Waals surface area contributed by atoms with Gasteiger partial charge in [-0.15, -0.1) is 0 Å². The Kier molecular flexibility index (Phi) is 6.20. The number of thioether (sulfide) groups is 1. The van der Waals surface area contributed by atoms with Gasteiger partial charge in [0.2, 0.25) is 0 Å². The number of carbonyl (C=O) groups is 2. The van der Waals surface area contributed by atoms with E-state index < -0.39 is 18.0 Å². The van der Waals surface area contributed by atoms with Crippen molar-refractivity contribution in [2.24, 2.45) is 7.05 Å². The standard InChI is InChI=1S/C11H18N4O3S/c1-15-5-4-12-9(15)7-13-11(18)14-8(10(16)17)3-6-19-2/h4-5,8H,3,6-7H2,1-2H3,(H,16,17)(H2,13,14,18)/t8-/m1/s1. The van der Waals surface area contributed by atoms with E-state index in [-0.39, 0.29) is 6.54 Å². The minimum atomic E-state index is -1.03. The van der Waals surface area contributed by atoms with Crippen LogP contribution in [-0.2, 0) is 18.4 Å². The molecule has 0 aliphatic heterocycles. The minimum absolute atomic E-state index is 0.254. The summed E-state index contributed by atoms with van der Waals surface area (Å²) in [6.07, 6.45) is 5.69. The number of urea groups is 1. The van der Waals surface area contributed by atoms with Crippen molar-refractivity contribution >= 4 is 23.8 Å². The zero-order valence-electron chi connectivity index (χ0n) is 10.9. The fraction of sp³-hybridized carbons (Fsp3) is 0.545. The topological polar surface area (TPSA) is 96.3 Å². The van der Waals surface area contributed by atoms with Gasteiger partial charge in [-0.3, -0.25) is 0 Å². The number of hydrogen-bond donors (Lipinski definition) is 3. The van der Waals surface area contributed by atoms with E-state index in [2.05, 4.69) is 15.6 Å². The number of imidazole rings is 1. The quantitative estimate of drug-likeness (QED) is 0.675. The molecular weight excluding hydrogens is 268 g/mol. The van der Waals surface area contributed by atoms with Gasteiger partial charge in [0.25, 0.3) is 0 Å². The second-order valence-electron chi connectivity index (χ2n) is 3.95. The highest BCUT2D eigenvalue weighted by atomic mass is 32.2. The lowest BCUT2D eigenvalue weighted by Gasteiger charge is -2.14. The lowest BCUT2D eigenvalue weighted by molar-refractivity contribution is -0.139. The predicted molar refractivity (Wildman–Crippen MR) is 73.0 cm³/mol. The first-order chi connectivity index (χ1) is 9.04. The molecular formula is C11H18N4O3S. The molecule has 0 saturated heterocycles. The summed E-state index contributed by atoms with van der Waals surface area (Å²) in [7, 11) is 1.82. The van der Waals surface area contributed by atoms with Crippen molar-refractivity contribution in [3.63, 3.8) is 0 Å². The van der Waals surface area contributed by atoms with E-state index >= 15 is 0 Å². The number of nitrogens with zero attached hydrogens (tertiary/aromatic N) is 2. The molecule has 1 aromatic rings. The Morgan fingerprint density at radius 3 is 2.84 bits per heavy atom. The van der Waals surface area contributed by atoms with E-state index in [1.54, 1.807) is 17.0 Å². The number of carboxylic acids is 1. The fourth-order valence-electron chi connectivity index (χ4n) is 1.43. The summed E-state index contributed by atoms with van der Waals surface area (Å²) in [5.41, 5.74) is 0. The molecule has 0 aliphatic rings. The average molecular weight is 286 g/mol. The van der Waals surface area contributed by atoms with Gasteiger partial charge in [0, 0.05) is 19.4 Å². The van der Waals surface area contributed by atoms with Crippen LogP contribution in [0.4, 0.5) is 4.79 Å². The third kappa shape index (κ3) is 5.21. The van der Waals surface area contributed by atoms with Crippen molar-refractivity contribution in [1.29, 1.82) is 0 Å². The van der Waals surface area contributed by atoms with Gasteiger partial charge in [0.15, 0.2) is 0 Å². The molecule has 8 heteroatoms. The highest BCUT2D eigenvalue weighted by Gasteiger charge is 2.19. The van der Waals surface area contributed by atoms with Crippen LogP contribution in [0.3, 0.4) is 0 Å². The SMILES string of the molecule is CSCC[C@@H](NC(=O)NCc1nccn1C)C(=O)O. The van der Waals surface area contributed by atoms with Gasteiger partial charge < -0.3 is 20.3 Å². The van der Waals surface area contributed by atoms with Crippen LogP contribution in [0.5, 0.6) is 0 Å². The number of carboxylic acid groups (broad SMARTS) is 1. The Bertz CT molecular complexity index is 435. The van der Waals surface area contributed by atoms with Gasteiger partial charge in [0.1, 0.15) is 11.9 Å². The Hall–Kier alpha value is -1.70. The summed E-state index contributed by atoms with van der Waals surface area (Å²) in [6.45, 7) is 0.254. The van der Waals surface area contributed by atoms with E-state index in [1.807, 2.05) is 13.3 Å². The summed E-state index contributed by atoms with van der Waals surface area (Å²) in [6, 6.07) is -1.37. The zero-order valence-corrected chi connectivity index (χ0v) is 11.7. The number of hydrogen-bond acceptors (Lipinski definition) is 4. The smallest absolute Gasteiger partial charge is 0.326 e. The molecule has 106 valence electrons. The first kappa shape index (κ1) is 15.4. The average Bonchev–Trinajstić information content (AvgIpc) is 2.77. The second kappa shape index (κ2) is 7.67. The molecule has 1 heterocycles. The molecule has 1 rings (SSSR count). The molecule has 0 saturated carbocycles. The second-order valence-corrected chi connectivity index (χ2v) is 4.94. The molecule has 7 nitrogen and oxygen atoms in total. The highest BCUT2D eigenvalue weighted by Crippen LogP contribution is 2.01. The molecule has 1 aromatic heterocycles. The van der Waals surface area contributed by atoms with Crippen LogP contribution >= 0.6 is 11.8 Å². The third-order valence-corrected chi connectivity index (χ3v) is 3.19.